The minimum absolute atomic E-state index is 0.0868. The molecule has 0 spiro atoms. The van der Waals surface area contributed by atoms with Gasteiger partial charge >= 0.3 is 0 Å². The molecule has 1 unspecified atom stereocenters. The van der Waals surface area contributed by atoms with Crippen LogP contribution in [0.4, 0.5) is 0 Å². The lowest BCUT2D eigenvalue weighted by Crippen LogP contribution is -2.31. The Labute approximate surface area is 152 Å². The van der Waals surface area contributed by atoms with Gasteiger partial charge in [-0.1, -0.05) is 23.2 Å². The van der Waals surface area contributed by atoms with Crippen molar-refractivity contribution in [2.45, 2.75) is 12.5 Å². The zero-order valence-corrected chi connectivity index (χ0v) is 15.1. The monoisotopic (exact) mass is 414 g/mol. The fourth-order valence-electron chi connectivity index (χ4n) is 2.46. The lowest BCUT2D eigenvalue weighted by Gasteiger charge is -2.18. The van der Waals surface area contributed by atoms with E-state index in [2.05, 4.69) is 20.9 Å². The molecule has 1 fully saturated rings. The maximum absolute atomic E-state index is 12.6. The van der Waals surface area contributed by atoms with Crippen LogP contribution in [-0.2, 0) is 0 Å². The molecule has 2 heterocycles. The number of halogens is 3. The van der Waals surface area contributed by atoms with Crippen LogP contribution in [-0.4, -0.2) is 35.0 Å². The van der Waals surface area contributed by atoms with Crippen molar-refractivity contribution in [3.63, 3.8) is 0 Å². The maximum Gasteiger partial charge on any atom is 0.255 e. The van der Waals surface area contributed by atoms with Crippen molar-refractivity contribution in [3.05, 3.63) is 56.6 Å². The summed E-state index contributed by atoms with van der Waals surface area (Å²) in [6.45, 7) is 1.12. The smallest absolute Gasteiger partial charge is 0.255 e. The molecular formula is C16H13BrCl2N2O2. The fourth-order valence-corrected chi connectivity index (χ4v) is 3.30. The van der Waals surface area contributed by atoms with Crippen LogP contribution in [0.2, 0.25) is 10.0 Å². The van der Waals surface area contributed by atoms with E-state index in [0.29, 0.717) is 34.6 Å². The molecule has 0 radical (unpaired) electrons. The lowest BCUT2D eigenvalue weighted by molar-refractivity contribution is 0.0771. The summed E-state index contributed by atoms with van der Waals surface area (Å²) in [6, 6.07) is 8.58. The molecule has 3 rings (SSSR count). The average Bonchev–Trinajstić information content (AvgIpc) is 2.98. The quantitative estimate of drug-likeness (QED) is 0.743. The zero-order valence-electron chi connectivity index (χ0n) is 12.0. The van der Waals surface area contributed by atoms with Gasteiger partial charge in [0.2, 0.25) is 5.88 Å². The second kappa shape index (κ2) is 7.07. The first-order chi connectivity index (χ1) is 11.0. The third-order valence-corrected chi connectivity index (χ3v) is 4.75. The van der Waals surface area contributed by atoms with Crippen LogP contribution in [0.15, 0.2) is 41.0 Å². The first kappa shape index (κ1) is 16.6. The summed E-state index contributed by atoms with van der Waals surface area (Å²) in [5.41, 5.74) is 0.454. The highest BCUT2D eigenvalue weighted by molar-refractivity contribution is 9.10. The van der Waals surface area contributed by atoms with Gasteiger partial charge in [-0.25, -0.2) is 4.98 Å². The predicted octanol–water partition coefficient (Wildman–Crippen LogP) is 4.44. The molecule has 1 atom stereocenters. The fraction of sp³-hybridized carbons (Fsp3) is 0.250. The largest absolute Gasteiger partial charge is 0.472 e. The lowest BCUT2D eigenvalue weighted by atomic mass is 10.2. The Morgan fingerprint density at radius 1 is 1.35 bits per heavy atom. The summed E-state index contributed by atoms with van der Waals surface area (Å²) < 4.78 is 6.66. The molecular weight excluding hydrogens is 403 g/mol. The van der Waals surface area contributed by atoms with Crippen molar-refractivity contribution >= 4 is 45.0 Å². The molecule has 2 aromatic rings. The van der Waals surface area contributed by atoms with Crippen molar-refractivity contribution in [1.29, 1.82) is 0 Å². The SMILES string of the molecule is O=C(c1ccc(Cl)cc1Cl)N1CCC(Oc2ncccc2Br)C1. The molecule has 0 N–H and O–H groups in total. The standard InChI is InChI=1S/C16H13BrCl2N2O2/c17-13-2-1-6-20-15(13)23-11-5-7-21(9-11)16(22)12-4-3-10(18)8-14(12)19/h1-4,6,8,11H,5,7,9H2. The molecule has 0 saturated carbocycles. The number of benzene rings is 1. The van der Waals surface area contributed by atoms with Gasteiger partial charge in [0.1, 0.15) is 6.10 Å². The van der Waals surface area contributed by atoms with Crippen LogP contribution in [0.3, 0.4) is 0 Å². The van der Waals surface area contributed by atoms with E-state index in [1.807, 2.05) is 12.1 Å². The third-order valence-electron chi connectivity index (χ3n) is 3.60. The van der Waals surface area contributed by atoms with E-state index >= 15 is 0 Å². The number of hydrogen-bond donors (Lipinski definition) is 0. The number of carbonyl (C=O) groups excluding carboxylic acids is 1. The van der Waals surface area contributed by atoms with Crippen LogP contribution in [0, 0.1) is 0 Å². The number of likely N-dealkylation sites (tertiary alicyclic amines) is 1. The molecule has 1 saturated heterocycles. The Kier molecular flexibility index (Phi) is 5.09. The molecule has 7 heteroatoms. The zero-order chi connectivity index (χ0) is 16.4. The van der Waals surface area contributed by atoms with Crippen LogP contribution in [0.25, 0.3) is 0 Å². The normalized spacial score (nSPS) is 17.3. The molecule has 0 bridgehead atoms. The molecule has 23 heavy (non-hydrogen) atoms. The summed E-state index contributed by atoms with van der Waals surface area (Å²) in [5, 5.41) is 0.869. The van der Waals surface area contributed by atoms with Gasteiger partial charge in [0.25, 0.3) is 5.91 Å². The molecule has 1 amide bonds. The maximum atomic E-state index is 12.6. The van der Waals surface area contributed by atoms with E-state index < -0.39 is 0 Å². The van der Waals surface area contributed by atoms with Crippen LogP contribution in [0.1, 0.15) is 16.8 Å². The third kappa shape index (κ3) is 3.79. The average molecular weight is 416 g/mol. The number of pyridine rings is 1. The van der Waals surface area contributed by atoms with Gasteiger partial charge < -0.3 is 9.64 Å². The Morgan fingerprint density at radius 2 is 2.17 bits per heavy atom. The second-order valence-electron chi connectivity index (χ2n) is 5.19. The van der Waals surface area contributed by atoms with Gasteiger partial charge in [-0.2, -0.15) is 0 Å². The van der Waals surface area contributed by atoms with Crippen molar-refractivity contribution in [1.82, 2.24) is 9.88 Å². The highest BCUT2D eigenvalue weighted by Gasteiger charge is 2.29. The summed E-state index contributed by atoms with van der Waals surface area (Å²) >= 11 is 15.4. The number of aromatic nitrogens is 1. The van der Waals surface area contributed by atoms with Crippen LogP contribution in [0.5, 0.6) is 5.88 Å². The molecule has 1 aliphatic heterocycles. The van der Waals surface area contributed by atoms with Crippen molar-refractivity contribution < 1.29 is 9.53 Å². The molecule has 0 aliphatic carbocycles. The molecule has 4 nitrogen and oxygen atoms in total. The van der Waals surface area contributed by atoms with E-state index in [1.165, 1.54) is 0 Å². The summed E-state index contributed by atoms with van der Waals surface area (Å²) in [5.74, 6) is 0.425. The number of rotatable bonds is 3. The minimum Gasteiger partial charge on any atom is -0.472 e. The first-order valence-electron chi connectivity index (χ1n) is 7.06. The van der Waals surface area contributed by atoms with E-state index in [0.717, 1.165) is 10.9 Å². The Hall–Kier alpha value is -1.30. The number of nitrogens with zero attached hydrogens (tertiary/aromatic N) is 2. The molecule has 1 aromatic heterocycles. The number of carbonyl (C=O) groups is 1. The Morgan fingerprint density at radius 3 is 2.91 bits per heavy atom. The van der Waals surface area contributed by atoms with E-state index in [-0.39, 0.29) is 12.0 Å². The van der Waals surface area contributed by atoms with Crippen molar-refractivity contribution in [3.8, 4) is 5.88 Å². The van der Waals surface area contributed by atoms with Gasteiger partial charge in [-0.15, -0.1) is 0 Å². The molecule has 120 valence electrons. The molecule has 1 aliphatic rings. The van der Waals surface area contributed by atoms with E-state index in [9.17, 15) is 4.79 Å². The summed E-state index contributed by atoms with van der Waals surface area (Å²) in [6.07, 6.45) is 2.34. The Balaban J connectivity index is 1.67. The van der Waals surface area contributed by atoms with Crippen LogP contribution >= 0.6 is 39.1 Å². The van der Waals surface area contributed by atoms with Gasteiger partial charge in [-0.3, -0.25) is 4.79 Å². The molecule has 1 aromatic carbocycles. The topological polar surface area (TPSA) is 42.4 Å². The van der Waals surface area contributed by atoms with Crippen LogP contribution < -0.4 is 4.74 Å². The number of amides is 1. The van der Waals surface area contributed by atoms with Crippen molar-refractivity contribution in [2.24, 2.45) is 0 Å². The predicted molar refractivity (Wildman–Crippen MR) is 93.3 cm³/mol. The van der Waals surface area contributed by atoms with Gasteiger partial charge in [0.15, 0.2) is 0 Å². The number of hydrogen-bond acceptors (Lipinski definition) is 3. The van der Waals surface area contributed by atoms with Gasteiger partial charge in [-0.05, 0) is 46.3 Å². The van der Waals surface area contributed by atoms with Gasteiger partial charge in [0.05, 0.1) is 21.6 Å². The summed E-state index contributed by atoms with van der Waals surface area (Å²) in [7, 11) is 0. The van der Waals surface area contributed by atoms with E-state index in [4.69, 9.17) is 27.9 Å². The highest BCUT2D eigenvalue weighted by atomic mass is 79.9. The first-order valence-corrected chi connectivity index (χ1v) is 8.61. The summed E-state index contributed by atoms with van der Waals surface area (Å²) in [4.78, 5) is 18.5. The minimum atomic E-state index is -0.113. The Bertz CT molecular complexity index is 742. The number of ether oxygens (including phenoxy) is 1. The van der Waals surface area contributed by atoms with Crippen molar-refractivity contribution in [2.75, 3.05) is 13.1 Å². The van der Waals surface area contributed by atoms with E-state index in [1.54, 1.807) is 29.3 Å². The van der Waals surface area contributed by atoms with Gasteiger partial charge in [0, 0.05) is 24.2 Å². The second-order valence-corrected chi connectivity index (χ2v) is 6.89. The highest BCUT2D eigenvalue weighted by Crippen LogP contribution is 2.27.